The lowest BCUT2D eigenvalue weighted by Gasteiger charge is -2.17. The summed E-state index contributed by atoms with van der Waals surface area (Å²) in [4.78, 5) is 25.4. The van der Waals surface area contributed by atoms with Gasteiger partial charge in [0.1, 0.15) is 0 Å². The van der Waals surface area contributed by atoms with Crippen LogP contribution in [0.2, 0.25) is 0 Å². The number of benzene rings is 1. The molecule has 21 heavy (non-hydrogen) atoms. The molecule has 5 heteroatoms. The lowest BCUT2D eigenvalue weighted by atomic mass is 10.0. The Morgan fingerprint density at radius 2 is 2.10 bits per heavy atom. The van der Waals surface area contributed by atoms with Crippen molar-refractivity contribution < 1.29 is 9.59 Å². The fourth-order valence-electron chi connectivity index (χ4n) is 2.63. The Bertz CT molecular complexity index is 490. The van der Waals surface area contributed by atoms with Gasteiger partial charge in [-0.25, -0.2) is 0 Å². The molecule has 1 aliphatic heterocycles. The Kier molecular flexibility index (Phi) is 5.33. The van der Waals surface area contributed by atoms with Gasteiger partial charge in [-0.05, 0) is 12.0 Å². The second kappa shape index (κ2) is 7.22. The van der Waals surface area contributed by atoms with Gasteiger partial charge in [-0.2, -0.15) is 0 Å². The van der Waals surface area contributed by atoms with E-state index in [0.29, 0.717) is 13.0 Å². The first kappa shape index (κ1) is 15.5. The fourth-order valence-corrected chi connectivity index (χ4v) is 2.63. The van der Waals surface area contributed by atoms with E-state index in [2.05, 4.69) is 5.32 Å². The minimum absolute atomic E-state index is 0.0518. The van der Waals surface area contributed by atoms with E-state index in [9.17, 15) is 9.59 Å². The third-order valence-electron chi connectivity index (χ3n) is 3.84. The molecule has 2 rings (SSSR count). The predicted octanol–water partition coefficient (Wildman–Crippen LogP) is 1.20. The molecule has 1 aliphatic rings. The number of rotatable bonds is 5. The highest BCUT2D eigenvalue weighted by Crippen LogP contribution is 2.15. The summed E-state index contributed by atoms with van der Waals surface area (Å²) in [7, 11) is 0. The van der Waals surface area contributed by atoms with Crippen LogP contribution < -0.4 is 11.1 Å². The van der Waals surface area contributed by atoms with Crippen molar-refractivity contribution in [2.75, 3.05) is 13.1 Å². The van der Waals surface area contributed by atoms with Crippen LogP contribution in [-0.4, -0.2) is 35.8 Å². The molecular formula is C16H23N3O2. The quantitative estimate of drug-likeness (QED) is 0.855. The maximum Gasteiger partial charge on any atom is 0.222 e. The lowest BCUT2D eigenvalue weighted by Crippen LogP contribution is -2.39. The van der Waals surface area contributed by atoms with Crippen molar-refractivity contribution in [2.24, 2.45) is 5.73 Å². The molecule has 0 saturated carbocycles. The van der Waals surface area contributed by atoms with E-state index in [1.165, 1.54) is 0 Å². The van der Waals surface area contributed by atoms with E-state index >= 15 is 0 Å². The highest BCUT2D eigenvalue weighted by molar-refractivity contribution is 5.78. The van der Waals surface area contributed by atoms with Crippen LogP contribution in [0.25, 0.3) is 0 Å². The van der Waals surface area contributed by atoms with Gasteiger partial charge >= 0.3 is 0 Å². The van der Waals surface area contributed by atoms with E-state index in [0.717, 1.165) is 18.5 Å². The first-order chi connectivity index (χ1) is 10.1. The molecule has 1 aromatic carbocycles. The largest absolute Gasteiger partial charge is 0.351 e. The number of amides is 2. The van der Waals surface area contributed by atoms with Crippen LogP contribution in [0.15, 0.2) is 30.3 Å². The molecule has 0 radical (unpaired) electrons. The summed E-state index contributed by atoms with van der Waals surface area (Å²) in [5.41, 5.74) is 7.00. The molecule has 0 aliphatic carbocycles. The number of hydrogen-bond acceptors (Lipinski definition) is 3. The number of nitrogens with zero attached hydrogens (tertiary/aromatic N) is 1. The van der Waals surface area contributed by atoms with Crippen molar-refractivity contribution in [3.63, 3.8) is 0 Å². The zero-order valence-corrected chi connectivity index (χ0v) is 12.4. The Balaban J connectivity index is 1.79. The number of carbonyl (C=O) groups is 2. The topological polar surface area (TPSA) is 75.4 Å². The van der Waals surface area contributed by atoms with Gasteiger partial charge in [0.25, 0.3) is 0 Å². The van der Waals surface area contributed by atoms with E-state index in [1.807, 2.05) is 42.2 Å². The fraction of sp³-hybridized carbons (Fsp3) is 0.500. The minimum atomic E-state index is -0.291. The molecule has 0 spiro atoms. The van der Waals surface area contributed by atoms with Gasteiger partial charge in [0.2, 0.25) is 11.8 Å². The molecule has 1 saturated heterocycles. The number of nitrogens with one attached hydrogen (secondary N) is 1. The molecule has 3 N–H and O–H groups in total. The molecule has 1 fully saturated rings. The first-order valence-electron chi connectivity index (χ1n) is 7.47. The molecule has 0 bridgehead atoms. The van der Waals surface area contributed by atoms with Crippen molar-refractivity contribution in [3.8, 4) is 0 Å². The van der Waals surface area contributed by atoms with Gasteiger partial charge in [0.15, 0.2) is 0 Å². The van der Waals surface area contributed by atoms with Gasteiger partial charge in [0, 0.05) is 38.0 Å². The summed E-state index contributed by atoms with van der Waals surface area (Å²) in [5.74, 6) is 0.0925. The van der Waals surface area contributed by atoms with Crippen molar-refractivity contribution in [3.05, 3.63) is 35.9 Å². The summed E-state index contributed by atoms with van der Waals surface area (Å²) in [5, 5.41) is 2.98. The van der Waals surface area contributed by atoms with E-state index < -0.39 is 0 Å². The highest BCUT2D eigenvalue weighted by Gasteiger charge is 2.26. The monoisotopic (exact) mass is 289 g/mol. The molecule has 2 atom stereocenters. The Morgan fingerprint density at radius 3 is 2.76 bits per heavy atom. The molecule has 0 aromatic heterocycles. The van der Waals surface area contributed by atoms with Crippen molar-refractivity contribution in [2.45, 2.75) is 38.3 Å². The normalized spacial score (nSPS) is 19.3. The van der Waals surface area contributed by atoms with Gasteiger partial charge in [-0.15, -0.1) is 0 Å². The van der Waals surface area contributed by atoms with Crippen LogP contribution >= 0.6 is 0 Å². The smallest absolute Gasteiger partial charge is 0.222 e. The van der Waals surface area contributed by atoms with Crippen LogP contribution in [0.1, 0.15) is 37.8 Å². The molecule has 2 amide bonds. The number of nitrogens with two attached hydrogens (primary N) is 1. The molecular weight excluding hydrogens is 266 g/mol. The second-order valence-electron chi connectivity index (χ2n) is 5.47. The summed E-state index contributed by atoms with van der Waals surface area (Å²) in [6, 6.07) is 9.37. The van der Waals surface area contributed by atoms with Crippen LogP contribution in [0.3, 0.4) is 0 Å². The molecule has 2 unspecified atom stereocenters. The predicted molar refractivity (Wildman–Crippen MR) is 81.4 cm³/mol. The van der Waals surface area contributed by atoms with Gasteiger partial charge in [-0.3, -0.25) is 9.59 Å². The SMILES string of the molecule is CCC(=O)N1CCC(NC(=O)CC(N)c2ccccc2)C1. The van der Waals surface area contributed by atoms with Crippen molar-refractivity contribution in [1.29, 1.82) is 0 Å². The first-order valence-corrected chi connectivity index (χ1v) is 7.47. The Morgan fingerprint density at radius 1 is 1.38 bits per heavy atom. The molecule has 5 nitrogen and oxygen atoms in total. The van der Waals surface area contributed by atoms with Crippen LogP contribution in [0.5, 0.6) is 0 Å². The summed E-state index contributed by atoms with van der Waals surface area (Å²) < 4.78 is 0. The number of likely N-dealkylation sites (tertiary alicyclic amines) is 1. The van der Waals surface area contributed by atoms with Crippen molar-refractivity contribution in [1.82, 2.24) is 10.2 Å². The maximum atomic E-state index is 12.0. The lowest BCUT2D eigenvalue weighted by molar-refractivity contribution is -0.130. The Labute approximate surface area is 125 Å². The molecule has 1 aromatic rings. The standard InChI is InChI=1S/C16H23N3O2/c1-2-16(21)19-9-8-13(11-19)18-15(20)10-14(17)12-6-4-3-5-7-12/h3-7,13-14H,2,8-11,17H2,1H3,(H,18,20). The van der Waals surface area contributed by atoms with E-state index in [1.54, 1.807) is 0 Å². The Hall–Kier alpha value is -1.88. The van der Waals surface area contributed by atoms with E-state index in [-0.39, 0.29) is 30.3 Å². The third-order valence-corrected chi connectivity index (χ3v) is 3.84. The zero-order valence-electron chi connectivity index (χ0n) is 12.4. The van der Waals surface area contributed by atoms with Gasteiger partial charge < -0.3 is 16.0 Å². The summed E-state index contributed by atoms with van der Waals surface area (Å²) >= 11 is 0. The van der Waals surface area contributed by atoms with Crippen LogP contribution in [0, 0.1) is 0 Å². The van der Waals surface area contributed by atoms with E-state index in [4.69, 9.17) is 5.73 Å². The summed E-state index contributed by atoms with van der Waals surface area (Å²) in [6.07, 6.45) is 1.60. The number of carbonyl (C=O) groups excluding carboxylic acids is 2. The van der Waals surface area contributed by atoms with Crippen LogP contribution in [0.4, 0.5) is 0 Å². The highest BCUT2D eigenvalue weighted by atomic mass is 16.2. The van der Waals surface area contributed by atoms with Gasteiger partial charge in [0.05, 0.1) is 0 Å². The minimum Gasteiger partial charge on any atom is -0.351 e. The van der Waals surface area contributed by atoms with Crippen LogP contribution in [-0.2, 0) is 9.59 Å². The van der Waals surface area contributed by atoms with Gasteiger partial charge in [-0.1, -0.05) is 37.3 Å². The number of hydrogen-bond donors (Lipinski definition) is 2. The maximum absolute atomic E-state index is 12.0. The average molecular weight is 289 g/mol. The third kappa shape index (κ3) is 4.29. The summed E-state index contributed by atoms with van der Waals surface area (Å²) in [6.45, 7) is 3.19. The molecule has 1 heterocycles. The zero-order chi connectivity index (χ0) is 15.2. The second-order valence-corrected chi connectivity index (χ2v) is 5.47. The van der Waals surface area contributed by atoms with Crippen molar-refractivity contribution >= 4 is 11.8 Å². The average Bonchev–Trinajstić information content (AvgIpc) is 2.95. The molecule has 114 valence electrons.